The molecule has 0 aromatic heterocycles. The molecule has 2 fully saturated rings. The lowest BCUT2D eigenvalue weighted by Gasteiger charge is -2.38. The third-order valence-electron chi connectivity index (χ3n) is 5.05. The monoisotopic (exact) mass is 364 g/mol. The topological polar surface area (TPSA) is 23.6 Å². The number of aryl methyl sites for hydroxylation is 1. The minimum atomic E-state index is 0.301. The van der Waals surface area contributed by atoms with Gasteiger partial charge in [-0.1, -0.05) is 35.2 Å². The van der Waals surface area contributed by atoms with Gasteiger partial charge in [-0.3, -0.25) is 4.79 Å². The highest BCUT2D eigenvalue weighted by atomic mass is 79.9. The molecule has 1 amide bonds. The molecule has 1 aromatic rings. The first kappa shape index (κ1) is 15.9. The van der Waals surface area contributed by atoms with Crippen molar-refractivity contribution in [1.29, 1.82) is 0 Å². The molecule has 1 aliphatic carbocycles. The van der Waals surface area contributed by atoms with Crippen molar-refractivity contribution >= 4 is 27.5 Å². The molecule has 1 aromatic carbocycles. The molecule has 1 saturated heterocycles. The van der Waals surface area contributed by atoms with Gasteiger partial charge in [-0.05, 0) is 43.5 Å². The van der Waals surface area contributed by atoms with E-state index in [9.17, 15) is 4.79 Å². The van der Waals surface area contributed by atoms with Crippen molar-refractivity contribution in [2.24, 2.45) is 5.92 Å². The van der Waals surface area contributed by atoms with Gasteiger partial charge >= 0.3 is 0 Å². The van der Waals surface area contributed by atoms with Crippen molar-refractivity contribution in [3.05, 3.63) is 28.2 Å². The number of nitrogens with zero attached hydrogens (tertiary/aromatic N) is 2. The molecule has 3 rings (SSSR count). The summed E-state index contributed by atoms with van der Waals surface area (Å²) in [7, 11) is 0. The smallest absolute Gasteiger partial charge is 0.225 e. The fraction of sp³-hybridized carbons (Fsp3) is 0.611. The Balaban J connectivity index is 1.57. The zero-order valence-electron chi connectivity index (χ0n) is 13.4. The summed E-state index contributed by atoms with van der Waals surface area (Å²) < 4.78 is 1.15. The SMILES string of the molecule is Cc1cc(N2CCN(C(=O)C3CCCCC3)CC2)ccc1Br. The van der Waals surface area contributed by atoms with E-state index in [0.29, 0.717) is 11.8 Å². The zero-order valence-corrected chi connectivity index (χ0v) is 14.9. The molecule has 0 unspecified atom stereocenters. The number of hydrogen-bond donors (Lipinski definition) is 0. The maximum atomic E-state index is 12.6. The van der Waals surface area contributed by atoms with Gasteiger partial charge in [0, 0.05) is 42.3 Å². The van der Waals surface area contributed by atoms with E-state index in [0.717, 1.165) is 43.5 Å². The lowest BCUT2D eigenvalue weighted by atomic mass is 9.88. The van der Waals surface area contributed by atoms with Crippen LogP contribution >= 0.6 is 15.9 Å². The van der Waals surface area contributed by atoms with Crippen molar-refractivity contribution in [2.45, 2.75) is 39.0 Å². The number of piperazine rings is 1. The second-order valence-electron chi connectivity index (χ2n) is 6.58. The van der Waals surface area contributed by atoms with Crippen LogP contribution < -0.4 is 4.90 Å². The number of hydrogen-bond acceptors (Lipinski definition) is 2. The number of benzene rings is 1. The van der Waals surface area contributed by atoms with Crippen LogP contribution in [0.15, 0.2) is 22.7 Å². The Morgan fingerprint density at radius 2 is 1.77 bits per heavy atom. The standard InChI is InChI=1S/C18H25BrN2O/c1-14-13-16(7-8-17(14)19)20-9-11-21(12-10-20)18(22)15-5-3-2-4-6-15/h7-8,13,15H,2-6,9-12H2,1H3. The van der Waals surface area contributed by atoms with Crippen LogP contribution in [-0.2, 0) is 4.79 Å². The minimum absolute atomic E-state index is 0.301. The lowest BCUT2D eigenvalue weighted by molar-refractivity contribution is -0.136. The molecule has 0 N–H and O–H groups in total. The van der Waals surface area contributed by atoms with Crippen molar-refractivity contribution < 1.29 is 4.79 Å². The summed E-state index contributed by atoms with van der Waals surface area (Å²) in [6, 6.07) is 6.50. The van der Waals surface area contributed by atoms with Gasteiger partial charge in [0.15, 0.2) is 0 Å². The molecule has 1 heterocycles. The van der Waals surface area contributed by atoms with Crippen LogP contribution in [-0.4, -0.2) is 37.0 Å². The third-order valence-corrected chi connectivity index (χ3v) is 5.94. The number of carbonyl (C=O) groups excluding carboxylic acids is 1. The van der Waals surface area contributed by atoms with E-state index in [1.807, 2.05) is 0 Å². The van der Waals surface area contributed by atoms with E-state index in [2.05, 4.69) is 50.9 Å². The first-order chi connectivity index (χ1) is 10.6. The number of amides is 1. The average molecular weight is 365 g/mol. The summed E-state index contributed by atoms with van der Waals surface area (Å²) in [6.45, 7) is 5.74. The van der Waals surface area contributed by atoms with Crippen LogP contribution in [0.5, 0.6) is 0 Å². The predicted molar refractivity (Wildman–Crippen MR) is 94.2 cm³/mol. The summed E-state index contributed by atoms with van der Waals surface area (Å²) in [6.07, 6.45) is 5.97. The molecule has 4 heteroatoms. The molecule has 0 bridgehead atoms. The lowest BCUT2D eigenvalue weighted by Crippen LogP contribution is -2.50. The Morgan fingerprint density at radius 3 is 2.41 bits per heavy atom. The Hall–Kier alpha value is -1.03. The second-order valence-corrected chi connectivity index (χ2v) is 7.44. The Morgan fingerprint density at radius 1 is 1.09 bits per heavy atom. The molecule has 22 heavy (non-hydrogen) atoms. The van der Waals surface area contributed by atoms with Crippen molar-refractivity contribution in [2.75, 3.05) is 31.1 Å². The quantitative estimate of drug-likeness (QED) is 0.791. The largest absolute Gasteiger partial charge is 0.368 e. The predicted octanol–water partition coefficient (Wildman–Crippen LogP) is 3.99. The maximum Gasteiger partial charge on any atom is 0.225 e. The molecular formula is C18H25BrN2O. The Bertz CT molecular complexity index is 532. The summed E-state index contributed by atoms with van der Waals surface area (Å²) in [5.74, 6) is 0.710. The molecule has 120 valence electrons. The Labute approximate surface area is 141 Å². The van der Waals surface area contributed by atoms with Crippen LogP contribution in [0.25, 0.3) is 0 Å². The summed E-state index contributed by atoms with van der Waals surface area (Å²) in [5.41, 5.74) is 2.53. The first-order valence-electron chi connectivity index (χ1n) is 8.45. The Kier molecular flexibility index (Phi) is 5.07. The van der Waals surface area contributed by atoms with Crippen LogP contribution in [0.4, 0.5) is 5.69 Å². The molecule has 0 radical (unpaired) electrons. The van der Waals surface area contributed by atoms with Crippen LogP contribution in [0.3, 0.4) is 0 Å². The number of anilines is 1. The summed E-state index contributed by atoms with van der Waals surface area (Å²) in [5, 5.41) is 0. The van der Waals surface area contributed by atoms with Crippen molar-refractivity contribution in [1.82, 2.24) is 4.90 Å². The molecule has 3 nitrogen and oxygen atoms in total. The highest BCUT2D eigenvalue weighted by Gasteiger charge is 2.28. The highest BCUT2D eigenvalue weighted by molar-refractivity contribution is 9.10. The van der Waals surface area contributed by atoms with E-state index in [1.165, 1.54) is 30.5 Å². The molecular weight excluding hydrogens is 340 g/mol. The molecule has 0 atom stereocenters. The highest BCUT2D eigenvalue weighted by Crippen LogP contribution is 2.27. The van der Waals surface area contributed by atoms with Crippen molar-refractivity contribution in [3.63, 3.8) is 0 Å². The van der Waals surface area contributed by atoms with E-state index < -0.39 is 0 Å². The van der Waals surface area contributed by atoms with Gasteiger partial charge in [0.1, 0.15) is 0 Å². The number of rotatable bonds is 2. The third kappa shape index (κ3) is 3.48. The zero-order chi connectivity index (χ0) is 15.5. The molecule has 1 aliphatic heterocycles. The fourth-order valence-corrected chi connectivity index (χ4v) is 3.86. The van der Waals surface area contributed by atoms with Gasteiger partial charge in [0.25, 0.3) is 0 Å². The minimum Gasteiger partial charge on any atom is -0.368 e. The van der Waals surface area contributed by atoms with Gasteiger partial charge in [0.05, 0.1) is 0 Å². The van der Waals surface area contributed by atoms with Gasteiger partial charge < -0.3 is 9.80 Å². The average Bonchev–Trinajstić information content (AvgIpc) is 2.58. The van der Waals surface area contributed by atoms with Gasteiger partial charge in [-0.15, -0.1) is 0 Å². The second kappa shape index (κ2) is 7.03. The van der Waals surface area contributed by atoms with Crippen LogP contribution in [0, 0.1) is 12.8 Å². The summed E-state index contributed by atoms with van der Waals surface area (Å²) >= 11 is 3.55. The van der Waals surface area contributed by atoms with E-state index in [-0.39, 0.29) is 0 Å². The van der Waals surface area contributed by atoms with Gasteiger partial charge in [-0.2, -0.15) is 0 Å². The number of carbonyl (C=O) groups is 1. The van der Waals surface area contributed by atoms with Crippen LogP contribution in [0.1, 0.15) is 37.7 Å². The van der Waals surface area contributed by atoms with Gasteiger partial charge in [-0.25, -0.2) is 0 Å². The van der Waals surface area contributed by atoms with E-state index >= 15 is 0 Å². The molecule has 1 saturated carbocycles. The summed E-state index contributed by atoms with van der Waals surface area (Å²) in [4.78, 5) is 17.1. The van der Waals surface area contributed by atoms with E-state index in [4.69, 9.17) is 0 Å². The van der Waals surface area contributed by atoms with E-state index in [1.54, 1.807) is 0 Å². The number of halogens is 1. The fourth-order valence-electron chi connectivity index (χ4n) is 3.62. The van der Waals surface area contributed by atoms with Crippen LogP contribution in [0.2, 0.25) is 0 Å². The first-order valence-corrected chi connectivity index (χ1v) is 9.24. The van der Waals surface area contributed by atoms with Crippen molar-refractivity contribution in [3.8, 4) is 0 Å². The molecule has 2 aliphatic rings. The molecule has 0 spiro atoms. The maximum absolute atomic E-state index is 12.6. The van der Waals surface area contributed by atoms with Gasteiger partial charge in [0.2, 0.25) is 5.91 Å². The normalized spacial score (nSPS) is 20.3.